The Balaban J connectivity index is 2.49. The Morgan fingerprint density at radius 2 is 1.94 bits per heavy atom. The van der Waals surface area contributed by atoms with Crippen molar-refractivity contribution in [3.63, 3.8) is 0 Å². The number of hydrogen-bond donors (Lipinski definition) is 2. The third-order valence-electron chi connectivity index (χ3n) is 1.71. The summed E-state index contributed by atoms with van der Waals surface area (Å²) in [5.74, 6) is -1.30. The molecule has 0 unspecified atom stereocenters. The Morgan fingerprint density at radius 3 is 2.50 bits per heavy atom. The Labute approximate surface area is 97.8 Å². The number of hydrogen-bond acceptors (Lipinski definition) is 2. The first kappa shape index (κ1) is 12.8. The maximum atomic E-state index is 12.8. The Kier molecular flexibility index (Phi) is 5.07. The zero-order chi connectivity index (χ0) is 12.0. The molecule has 0 aliphatic carbocycles. The van der Waals surface area contributed by atoms with Gasteiger partial charge in [-0.25, -0.2) is 8.78 Å². The molecule has 0 heterocycles. The van der Waals surface area contributed by atoms with E-state index in [0.29, 0.717) is 18.3 Å². The van der Waals surface area contributed by atoms with E-state index in [-0.39, 0.29) is 5.69 Å². The molecule has 2 N–H and O–H groups in total. The van der Waals surface area contributed by atoms with Crippen LogP contribution in [-0.4, -0.2) is 25.4 Å². The van der Waals surface area contributed by atoms with Crippen LogP contribution in [0.1, 0.15) is 0 Å². The van der Waals surface area contributed by atoms with Crippen molar-refractivity contribution in [2.45, 2.75) is 0 Å². The van der Waals surface area contributed by atoms with Crippen LogP contribution < -0.4 is 10.6 Å². The number of anilines is 1. The highest BCUT2D eigenvalue weighted by atomic mass is 32.1. The first-order valence-corrected chi connectivity index (χ1v) is 5.02. The van der Waals surface area contributed by atoms with Gasteiger partial charge in [0.1, 0.15) is 11.6 Å². The topological polar surface area (TPSA) is 33.3 Å². The maximum absolute atomic E-state index is 12.8. The zero-order valence-corrected chi connectivity index (χ0v) is 9.54. The van der Waals surface area contributed by atoms with Gasteiger partial charge in [-0.1, -0.05) is 0 Å². The van der Waals surface area contributed by atoms with E-state index in [0.717, 1.165) is 18.2 Å². The zero-order valence-electron chi connectivity index (χ0n) is 8.72. The van der Waals surface area contributed by atoms with Crippen molar-refractivity contribution in [2.24, 2.45) is 0 Å². The van der Waals surface area contributed by atoms with Gasteiger partial charge in [-0.15, -0.1) is 0 Å². The van der Waals surface area contributed by atoms with Gasteiger partial charge in [-0.2, -0.15) is 0 Å². The molecule has 6 heteroatoms. The first-order valence-electron chi connectivity index (χ1n) is 4.61. The molecule has 0 spiro atoms. The number of benzene rings is 1. The Morgan fingerprint density at radius 1 is 1.31 bits per heavy atom. The van der Waals surface area contributed by atoms with Gasteiger partial charge in [-0.05, 0) is 24.4 Å². The van der Waals surface area contributed by atoms with Gasteiger partial charge in [0.25, 0.3) is 0 Å². The number of nitrogens with one attached hydrogen (secondary N) is 2. The van der Waals surface area contributed by atoms with Crippen molar-refractivity contribution < 1.29 is 13.5 Å². The van der Waals surface area contributed by atoms with Crippen molar-refractivity contribution in [2.75, 3.05) is 25.6 Å². The van der Waals surface area contributed by atoms with Crippen molar-refractivity contribution in [3.8, 4) is 0 Å². The van der Waals surface area contributed by atoms with Gasteiger partial charge < -0.3 is 15.4 Å². The summed E-state index contributed by atoms with van der Waals surface area (Å²) in [6.07, 6.45) is 0. The minimum absolute atomic E-state index is 0.271. The van der Waals surface area contributed by atoms with Crippen LogP contribution in [0.5, 0.6) is 0 Å². The van der Waals surface area contributed by atoms with Crippen molar-refractivity contribution in [1.82, 2.24) is 5.32 Å². The predicted octanol–water partition coefficient (Wildman–Crippen LogP) is 1.90. The quantitative estimate of drug-likeness (QED) is 0.628. The third kappa shape index (κ3) is 4.50. The Hall–Kier alpha value is -1.27. The van der Waals surface area contributed by atoms with Crippen LogP contribution in [-0.2, 0) is 4.74 Å². The summed E-state index contributed by atoms with van der Waals surface area (Å²) in [6.45, 7) is 1.03. The predicted molar refractivity (Wildman–Crippen MR) is 62.5 cm³/mol. The summed E-state index contributed by atoms with van der Waals surface area (Å²) >= 11 is 4.91. The fraction of sp³-hybridized carbons (Fsp3) is 0.300. The van der Waals surface area contributed by atoms with Gasteiger partial charge in [0.15, 0.2) is 5.11 Å². The number of thiocarbonyl (C=S) groups is 1. The lowest BCUT2D eigenvalue weighted by Crippen LogP contribution is -2.31. The standard InChI is InChI=1S/C10H12F2N2OS/c1-15-3-2-13-10(16)14-9-5-7(11)4-8(12)6-9/h4-6H,2-3H2,1H3,(H2,13,14,16). The van der Waals surface area contributed by atoms with E-state index in [4.69, 9.17) is 17.0 Å². The SMILES string of the molecule is COCCNC(=S)Nc1cc(F)cc(F)c1. The summed E-state index contributed by atoms with van der Waals surface area (Å²) in [6, 6.07) is 3.12. The summed E-state index contributed by atoms with van der Waals surface area (Å²) < 4.78 is 30.5. The molecular formula is C10H12F2N2OS. The molecule has 3 nitrogen and oxygen atoms in total. The van der Waals surface area contributed by atoms with Gasteiger partial charge >= 0.3 is 0 Å². The highest BCUT2D eigenvalue weighted by Crippen LogP contribution is 2.12. The van der Waals surface area contributed by atoms with Crippen LogP contribution in [0.3, 0.4) is 0 Å². The van der Waals surface area contributed by atoms with E-state index in [1.165, 1.54) is 0 Å². The summed E-state index contributed by atoms with van der Waals surface area (Å²) in [5, 5.41) is 5.78. The van der Waals surface area contributed by atoms with E-state index < -0.39 is 11.6 Å². The molecule has 0 saturated carbocycles. The van der Waals surface area contributed by atoms with Crippen LogP contribution in [0.15, 0.2) is 18.2 Å². The van der Waals surface area contributed by atoms with Crippen LogP contribution in [0, 0.1) is 11.6 Å². The molecule has 0 fully saturated rings. The largest absolute Gasteiger partial charge is 0.383 e. The number of halogens is 2. The van der Waals surface area contributed by atoms with Crippen LogP contribution in [0.25, 0.3) is 0 Å². The Bertz CT molecular complexity index is 354. The van der Waals surface area contributed by atoms with Crippen LogP contribution in [0.2, 0.25) is 0 Å². The number of ether oxygens (including phenoxy) is 1. The second-order valence-corrected chi connectivity index (χ2v) is 3.44. The molecule has 1 rings (SSSR count). The van der Waals surface area contributed by atoms with Crippen LogP contribution >= 0.6 is 12.2 Å². The van der Waals surface area contributed by atoms with Gasteiger partial charge in [0, 0.05) is 25.4 Å². The molecule has 0 aliphatic heterocycles. The summed E-state index contributed by atoms with van der Waals surface area (Å²) in [4.78, 5) is 0. The number of methoxy groups -OCH3 is 1. The van der Waals surface area contributed by atoms with Gasteiger partial charge in [0.2, 0.25) is 0 Å². The summed E-state index contributed by atoms with van der Waals surface area (Å²) in [5.41, 5.74) is 0.271. The van der Waals surface area contributed by atoms with Crippen molar-refractivity contribution >= 4 is 23.0 Å². The molecule has 88 valence electrons. The summed E-state index contributed by atoms with van der Waals surface area (Å²) in [7, 11) is 1.57. The highest BCUT2D eigenvalue weighted by Gasteiger charge is 2.01. The highest BCUT2D eigenvalue weighted by molar-refractivity contribution is 7.80. The normalized spacial score (nSPS) is 9.94. The molecule has 0 aromatic heterocycles. The van der Waals surface area contributed by atoms with E-state index >= 15 is 0 Å². The van der Waals surface area contributed by atoms with Crippen LogP contribution in [0.4, 0.5) is 14.5 Å². The van der Waals surface area contributed by atoms with Gasteiger partial charge in [0.05, 0.1) is 6.61 Å². The third-order valence-corrected chi connectivity index (χ3v) is 1.96. The second-order valence-electron chi connectivity index (χ2n) is 3.03. The van der Waals surface area contributed by atoms with E-state index in [9.17, 15) is 8.78 Å². The second kappa shape index (κ2) is 6.34. The fourth-order valence-electron chi connectivity index (χ4n) is 1.07. The van der Waals surface area contributed by atoms with Crippen molar-refractivity contribution in [1.29, 1.82) is 0 Å². The molecule has 1 aromatic carbocycles. The van der Waals surface area contributed by atoms with E-state index in [1.54, 1.807) is 7.11 Å². The fourth-order valence-corrected chi connectivity index (χ4v) is 1.29. The smallest absolute Gasteiger partial charge is 0.170 e. The molecule has 0 bridgehead atoms. The van der Waals surface area contributed by atoms with E-state index in [1.807, 2.05) is 0 Å². The minimum Gasteiger partial charge on any atom is -0.383 e. The number of rotatable bonds is 4. The molecule has 0 atom stereocenters. The monoisotopic (exact) mass is 246 g/mol. The molecule has 16 heavy (non-hydrogen) atoms. The average Bonchev–Trinajstić information content (AvgIpc) is 2.16. The van der Waals surface area contributed by atoms with Gasteiger partial charge in [-0.3, -0.25) is 0 Å². The lowest BCUT2D eigenvalue weighted by molar-refractivity contribution is 0.204. The molecule has 0 saturated heterocycles. The first-order chi connectivity index (χ1) is 7.61. The molecule has 0 amide bonds. The van der Waals surface area contributed by atoms with E-state index in [2.05, 4.69) is 10.6 Å². The average molecular weight is 246 g/mol. The maximum Gasteiger partial charge on any atom is 0.170 e. The lowest BCUT2D eigenvalue weighted by atomic mass is 10.3. The molecule has 0 aliphatic rings. The lowest BCUT2D eigenvalue weighted by Gasteiger charge is -2.10. The molecular weight excluding hydrogens is 234 g/mol. The minimum atomic E-state index is -0.651. The van der Waals surface area contributed by atoms with Crippen molar-refractivity contribution in [3.05, 3.63) is 29.8 Å². The molecule has 1 aromatic rings. The molecule has 0 radical (unpaired) electrons.